The fraction of sp³-hybridized carbons (Fsp3) is 0.211. The lowest BCUT2D eigenvalue weighted by atomic mass is 9.98. The van der Waals surface area contributed by atoms with Crippen molar-refractivity contribution in [2.45, 2.75) is 18.9 Å². The number of hydrogen-bond acceptors (Lipinski definition) is 3. The van der Waals surface area contributed by atoms with Crippen LogP contribution in [0.15, 0.2) is 55.0 Å². The molecule has 2 aromatic heterocycles. The van der Waals surface area contributed by atoms with E-state index in [1.165, 1.54) is 12.1 Å². The van der Waals surface area contributed by atoms with Crippen molar-refractivity contribution in [1.82, 2.24) is 19.9 Å². The molecule has 0 saturated carbocycles. The highest BCUT2D eigenvalue weighted by Crippen LogP contribution is 2.32. The van der Waals surface area contributed by atoms with E-state index in [2.05, 4.69) is 15.0 Å². The number of aromatic nitrogens is 3. The van der Waals surface area contributed by atoms with Crippen LogP contribution in [0, 0.1) is 5.82 Å². The summed E-state index contributed by atoms with van der Waals surface area (Å²) in [5.74, 6) is -0.394. The number of rotatable bonds is 3. The molecule has 0 fully saturated rings. The average Bonchev–Trinajstić information content (AvgIpc) is 3.10. The maximum absolute atomic E-state index is 13.4. The van der Waals surface area contributed by atoms with Crippen LogP contribution < -0.4 is 0 Å². The smallest absolute Gasteiger partial charge is 0.227 e. The van der Waals surface area contributed by atoms with Gasteiger partial charge in [-0.25, -0.2) is 9.37 Å². The number of pyridine rings is 1. The molecule has 0 aliphatic carbocycles. The summed E-state index contributed by atoms with van der Waals surface area (Å²) in [6.07, 6.45) is 4.24. The molecule has 0 bridgehead atoms. The van der Waals surface area contributed by atoms with Gasteiger partial charge in [-0.15, -0.1) is 0 Å². The standard InChI is InChI=1S/C19H17FN4O/c20-14-5-3-4-13(10-14)11-17(25)24-9-7-15-18(23-12-22-15)19(24)16-6-1-2-8-21-16/h1-6,8,10,12,19H,7,9,11H2,(H,22,23). The minimum absolute atomic E-state index is 0.0603. The molecule has 4 rings (SSSR count). The van der Waals surface area contributed by atoms with E-state index in [1.54, 1.807) is 29.6 Å². The van der Waals surface area contributed by atoms with Gasteiger partial charge in [-0.05, 0) is 29.8 Å². The molecule has 0 saturated heterocycles. The number of imidazole rings is 1. The van der Waals surface area contributed by atoms with Crippen LogP contribution in [0.4, 0.5) is 4.39 Å². The Kier molecular flexibility index (Phi) is 4.01. The Balaban J connectivity index is 1.66. The lowest BCUT2D eigenvalue weighted by Gasteiger charge is -2.34. The summed E-state index contributed by atoms with van der Waals surface area (Å²) < 4.78 is 13.4. The number of carbonyl (C=O) groups excluding carboxylic acids is 1. The van der Waals surface area contributed by atoms with E-state index in [4.69, 9.17) is 0 Å². The van der Waals surface area contributed by atoms with Crippen molar-refractivity contribution in [3.8, 4) is 0 Å². The Bertz CT molecular complexity index is 893. The third-order valence-electron chi connectivity index (χ3n) is 4.46. The summed E-state index contributed by atoms with van der Waals surface area (Å²) in [6, 6.07) is 11.5. The van der Waals surface area contributed by atoms with Crippen LogP contribution in [0.3, 0.4) is 0 Å². The first kappa shape index (κ1) is 15.5. The monoisotopic (exact) mass is 336 g/mol. The number of aromatic amines is 1. The zero-order chi connectivity index (χ0) is 17.2. The van der Waals surface area contributed by atoms with Gasteiger partial charge >= 0.3 is 0 Å². The molecule has 1 atom stereocenters. The fourth-order valence-corrected chi connectivity index (χ4v) is 3.31. The summed E-state index contributed by atoms with van der Waals surface area (Å²) in [7, 11) is 0. The highest BCUT2D eigenvalue weighted by molar-refractivity contribution is 5.80. The zero-order valence-electron chi connectivity index (χ0n) is 13.5. The van der Waals surface area contributed by atoms with Crippen molar-refractivity contribution < 1.29 is 9.18 Å². The summed E-state index contributed by atoms with van der Waals surface area (Å²) in [4.78, 5) is 26.7. The van der Waals surface area contributed by atoms with Gasteiger partial charge < -0.3 is 9.88 Å². The van der Waals surface area contributed by atoms with E-state index in [-0.39, 0.29) is 24.2 Å². The van der Waals surface area contributed by atoms with E-state index >= 15 is 0 Å². The van der Waals surface area contributed by atoms with Crippen molar-refractivity contribution >= 4 is 5.91 Å². The van der Waals surface area contributed by atoms with E-state index in [0.717, 1.165) is 17.1 Å². The van der Waals surface area contributed by atoms with Crippen molar-refractivity contribution in [3.05, 3.63) is 83.5 Å². The van der Waals surface area contributed by atoms with Gasteiger partial charge in [-0.3, -0.25) is 9.78 Å². The Hall–Kier alpha value is -3.02. The quantitative estimate of drug-likeness (QED) is 0.800. The van der Waals surface area contributed by atoms with Crippen LogP contribution in [0.2, 0.25) is 0 Å². The van der Waals surface area contributed by atoms with Gasteiger partial charge in [-0.1, -0.05) is 18.2 Å². The lowest BCUT2D eigenvalue weighted by Crippen LogP contribution is -2.41. The van der Waals surface area contributed by atoms with Crippen LogP contribution >= 0.6 is 0 Å². The number of fused-ring (bicyclic) bond motifs is 1. The van der Waals surface area contributed by atoms with Crippen molar-refractivity contribution in [2.75, 3.05) is 6.54 Å². The third-order valence-corrected chi connectivity index (χ3v) is 4.46. The van der Waals surface area contributed by atoms with E-state index in [0.29, 0.717) is 18.5 Å². The number of hydrogen-bond donors (Lipinski definition) is 1. The maximum atomic E-state index is 13.4. The second kappa shape index (κ2) is 6.47. The van der Waals surface area contributed by atoms with Gasteiger partial charge in [0.15, 0.2) is 0 Å². The number of nitrogens with one attached hydrogen (secondary N) is 1. The topological polar surface area (TPSA) is 61.9 Å². The van der Waals surface area contributed by atoms with Crippen molar-refractivity contribution in [3.63, 3.8) is 0 Å². The molecule has 1 amide bonds. The Morgan fingerprint density at radius 1 is 1.24 bits per heavy atom. The van der Waals surface area contributed by atoms with Crippen molar-refractivity contribution in [2.24, 2.45) is 0 Å². The Morgan fingerprint density at radius 3 is 2.96 bits per heavy atom. The average molecular weight is 336 g/mol. The van der Waals surface area contributed by atoms with Gasteiger partial charge in [0.25, 0.3) is 0 Å². The molecule has 1 aliphatic heterocycles. The zero-order valence-corrected chi connectivity index (χ0v) is 13.5. The molecule has 0 spiro atoms. The molecular weight excluding hydrogens is 319 g/mol. The molecule has 6 heteroatoms. The minimum Gasteiger partial charge on any atom is -0.348 e. The van der Waals surface area contributed by atoms with Crippen LogP contribution in [0.1, 0.15) is 28.7 Å². The second-order valence-corrected chi connectivity index (χ2v) is 6.07. The molecule has 3 aromatic rings. The molecule has 1 unspecified atom stereocenters. The van der Waals surface area contributed by atoms with Crippen LogP contribution in [0.5, 0.6) is 0 Å². The van der Waals surface area contributed by atoms with Gasteiger partial charge in [-0.2, -0.15) is 0 Å². The lowest BCUT2D eigenvalue weighted by molar-refractivity contribution is -0.132. The largest absolute Gasteiger partial charge is 0.348 e. The number of amides is 1. The SMILES string of the molecule is O=C(Cc1cccc(F)c1)N1CCc2[nH]cnc2C1c1ccccn1. The number of carbonyl (C=O) groups is 1. The van der Waals surface area contributed by atoms with E-state index in [1.807, 2.05) is 18.2 Å². The minimum atomic E-state index is -0.334. The Labute approximate surface area is 144 Å². The van der Waals surface area contributed by atoms with Crippen LogP contribution in [-0.2, 0) is 17.6 Å². The predicted octanol–water partition coefficient (Wildman–Crippen LogP) is 2.66. The van der Waals surface area contributed by atoms with Crippen molar-refractivity contribution in [1.29, 1.82) is 0 Å². The van der Waals surface area contributed by atoms with Crippen LogP contribution in [-0.4, -0.2) is 32.3 Å². The summed E-state index contributed by atoms with van der Waals surface area (Å²) in [6.45, 7) is 0.574. The summed E-state index contributed by atoms with van der Waals surface area (Å²) in [5, 5.41) is 0. The second-order valence-electron chi connectivity index (χ2n) is 6.07. The molecule has 3 heterocycles. The van der Waals surface area contributed by atoms with E-state index in [9.17, 15) is 9.18 Å². The van der Waals surface area contributed by atoms with Gasteiger partial charge in [0.2, 0.25) is 5.91 Å². The van der Waals surface area contributed by atoms with Gasteiger partial charge in [0.05, 0.1) is 24.1 Å². The molecule has 1 N–H and O–H groups in total. The predicted molar refractivity (Wildman–Crippen MR) is 90.2 cm³/mol. The molecule has 5 nitrogen and oxygen atoms in total. The molecular formula is C19H17FN4O. The third kappa shape index (κ3) is 3.03. The molecule has 25 heavy (non-hydrogen) atoms. The van der Waals surface area contributed by atoms with Gasteiger partial charge in [0.1, 0.15) is 11.9 Å². The summed E-state index contributed by atoms with van der Waals surface area (Å²) >= 11 is 0. The molecule has 126 valence electrons. The Morgan fingerprint density at radius 2 is 2.16 bits per heavy atom. The first-order chi connectivity index (χ1) is 12.2. The maximum Gasteiger partial charge on any atom is 0.227 e. The number of H-pyrrole nitrogens is 1. The first-order valence-corrected chi connectivity index (χ1v) is 8.19. The molecule has 1 aromatic carbocycles. The number of halogens is 1. The van der Waals surface area contributed by atoms with Crippen LogP contribution in [0.25, 0.3) is 0 Å². The first-order valence-electron chi connectivity index (χ1n) is 8.19. The highest BCUT2D eigenvalue weighted by Gasteiger charge is 2.34. The summed E-state index contributed by atoms with van der Waals surface area (Å²) in [5.41, 5.74) is 3.31. The fourth-order valence-electron chi connectivity index (χ4n) is 3.31. The number of benzene rings is 1. The number of nitrogens with zero attached hydrogens (tertiary/aromatic N) is 3. The van der Waals surface area contributed by atoms with Gasteiger partial charge in [0, 0.05) is 24.9 Å². The highest BCUT2D eigenvalue weighted by atomic mass is 19.1. The van der Waals surface area contributed by atoms with E-state index < -0.39 is 0 Å². The normalized spacial score (nSPS) is 16.5. The molecule has 1 aliphatic rings. The molecule has 0 radical (unpaired) electrons.